The number of carbonyl (C=O) groups is 1. The van der Waals surface area contributed by atoms with Crippen molar-refractivity contribution in [2.75, 3.05) is 6.54 Å². The van der Waals surface area contributed by atoms with E-state index in [4.69, 9.17) is 23.2 Å². The van der Waals surface area contributed by atoms with Crippen LogP contribution in [-0.2, 0) is 20.0 Å². The topological polar surface area (TPSA) is 67.2 Å². The first-order valence-electron chi connectivity index (χ1n) is 8.01. The molecule has 9 heteroatoms. The fraction of sp³-hybridized carbons (Fsp3) is 0.353. The Morgan fingerprint density at radius 1 is 1.38 bits per heavy atom. The standard InChI is InChI=1S/C17H17Cl2FN4O2/c1-9(14-11(18)3-4-12(20)15(14)19)22-17(26)24-6-5-10-13(7-24)21-8-23(2)16(10)25/h3-4,8-9H,5-7H2,1-2H3,(H,22,26). The van der Waals surface area contributed by atoms with Gasteiger partial charge in [0.15, 0.2) is 0 Å². The molecule has 1 atom stereocenters. The van der Waals surface area contributed by atoms with Gasteiger partial charge in [0.05, 0.1) is 29.6 Å². The molecule has 0 spiro atoms. The maximum Gasteiger partial charge on any atom is 0.318 e. The molecule has 0 bridgehead atoms. The Balaban J connectivity index is 1.76. The molecule has 2 aromatic rings. The summed E-state index contributed by atoms with van der Waals surface area (Å²) in [5, 5.41) is 2.94. The highest BCUT2D eigenvalue weighted by molar-refractivity contribution is 6.36. The van der Waals surface area contributed by atoms with Crippen LogP contribution in [-0.4, -0.2) is 27.0 Å². The van der Waals surface area contributed by atoms with Crippen molar-refractivity contribution in [1.82, 2.24) is 19.8 Å². The molecular formula is C17H17Cl2FN4O2. The van der Waals surface area contributed by atoms with E-state index in [1.807, 2.05) is 0 Å². The highest BCUT2D eigenvalue weighted by Crippen LogP contribution is 2.32. The number of hydrogen-bond acceptors (Lipinski definition) is 3. The number of carbonyl (C=O) groups excluding carboxylic acids is 1. The van der Waals surface area contributed by atoms with Gasteiger partial charge >= 0.3 is 6.03 Å². The Hall–Kier alpha value is -2.12. The number of urea groups is 1. The van der Waals surface area contributed by atoms with Crippen LogP contribution in [0.25, 0.3) is 0 Å². The summed E-state index contributed by atoms with van der Waals surface area (Å²) >= 11 is 12.1. The van der Waals surface area contributed by atoms with Gasteiger partial charge in [-0.2, -0.15) is 0 Å². The minimum atomic E-state index is -0.598. The molecule has 138 valence electrons. The zero-order valence-corrected chi connectivity index (χ0v) is 15.7. The minimum absolute atomic E-state index is 0.0956. The second-order valence-electron chi connectivity index (χ2n) is 6.19. The number of fused-ring (bicyclic) bond motifs is 1. The summed E-state index contributed by atoms with van der Waals surface area (Å²) in [6.45, 7) is 2.29. The van der Waals surface area contributed by atoms with Crippen LogP contribution < -0.4 is 10.9 Å². The van der Waals surface area contributed by atoms with E-state index >= 15 is 0 Å². The molecule has 0 saturated carbocycles. The normalized spacial score (nSPS) is 14.7. The quantitative estimate of drug-likeness (QED) is 0.790. The first-order chi connectivity index (χ1) is 12.3. The fourth-order valence-corrected chi connectivity index (χ4v) is 3.68. The van der Waals surface area contributed by atoms with Gasteiger partial charge in [0.2, 0.25) is 0 Å². The molecule has 0 saturated heterocycles. The molecule has 1 aromatic carbocycles. The largest absolute Gasteiger partial charge is 0.331 e. The van der Waals surface area contributed by atoms with E-state index < -0.39 is 11.9 Å². The van der Waals surface area contributed by atoms with E-state index in [-0.39, 0.29) is 28.2 Å². The molecule has 2 amide bonds. The lowest BCUT2D eigenvalue weighted by molar-refractivity contribution is 0.187. The van der Waals surface area contributed by atoms with Gasteiger partial charge in [-0.15, -0.1) is 0 Å². The first-order valence-corrected chi connectivity index (χ1v) is 8.77. The zero-order valence-electron chi connectivity index (χ0n) is 14.2. The predicted octanol–water partition coefficient (Wildman–Crippen LogP) is 3.06. The maximum atomic E-state index is 13.7. The lowest BCUT2D eigenvalue weighted by Crippen LogP contribution is -2.45. The van der Waals surface area contributed by atoms with Crippen molar-refractivity contribution in [2.45, 2.75) is 25.9 Å². The van der Waals surface area contributed by atoms with Crippen molar-refractivity contribution in [3.05, 3.63) is 61.5 Å². The molecule has 1 aliphatic heterocycles. The number of benzene rings is 1. The number of rotatable bonds is 2. The summed E-state index contributed by atoms with van der Waals surface area (Å²) in [4.78, 5) is 30.5. The molecule has 1 N–H and O–H groups in total. The first kappa shape index (κ1) is 18.7. The predicted molar refractivity (Wildman–Crippen MR) is 97.0 cm³/mol. The molecule has 0 radical (unpaired) electrons. The molecule has 0 fully saturated rings. The maximum absolute atomic E-state index is 13.7. The Morgan fingerprint density at radius 3 is 2.85 bits per heavy atom. The zero-order chi connectivity index (χ0) is 19.0. The van der Waals surface area contributed by atoms with Crippen LogP contribution in [0.2, 0.25) is 10.0 Å². The number of aryl methyl sites for hydroxylation is 1. The summed E-state index contributed by atoms with van der Waals surface area (Å²) < 4.78 is 15.1. The lowest BCUT2D eigenvalue weighted by atomic mass is 10.1. The fourth-order valence-electron chi connectivity index (χ4n) is 2.98. The van der Waals surface area contributed by atoms with E-state index in [0.29, 0.717) is 29.8 Å². The second-order valence-corrected chi connectivity index (χ2v) is 6.97. The molecule has 6 nitrogen and oxygen atoms in total. The monoisotopic (exact) mass is 398 g/mol. The second kappa shape index (κ2) is 7.25. The van der Waals surface area contributed by atoms with Crippen LogP contribution >= 0.6 is 23.2 Å². The molecular weight excluding hydrogens is 382 g/mol. The van der Waals surface area contributed by atoms with Crippen LogP contribution in [0.4, 0.5) is 9.18 Å². The van der Waals surface area contributed by atoms with Crippen LogP contribution in [0.3, 0.4) is 0 Å². The average Bonchev–Trinajstić information content (AvgIpc) is 2.61. The number of nitrogens with zero attached hydrogens (tertiary/aromatic N) is 3. The molecule has 3 rings (SSSR count). The molecule has 26 heavy (non-hydrogen) atoms. The van der Waals surface area contributed by atoms with E-state index in [0.717, 1.165) is 0 Å². The van der Waals surface area contributed by atoms with Gasteiger partial charge in [0.25, 0.3) is 5.56 Å². The van der Waals surface area contributed by atoms with E-state index in [9.17, 15) is 14.0 Å². The van der Waals surface area contributed by atoms with E-state index in [1.165, 1.54) is 23.0 Å². The highest BCUT2D eigenvalue weighted by atomic mass is 35.5. The summed E-state index contributed by atoms with van der Waals surface area (Å²) in [6, 6.07) is 1.63. The van der Waals surface area contributed by atoms with Crippen molar-refractivity contribution >= 4 is 29.2 Å². The third-order valence-electron chi connectivity index (χ3n) is 4.43. The number of aromatic nitrogens is 2. The van der Waals surface area contributed by atoms with E-state index in [2.05, 4.69) is 10.3 Å². The number of hydrogen-bond donors (Lipinski definition) is 1. The summed E-state index contributed by atoms with van der Waals surface area (Å²) in [7, 11) is 1.64. The Morgan fingerprint density at radius 2 is 2.12 bits per heavy atom. The Kier molecular flexibility index (Phi) is 5.20. The number of halogens is 3. The van der Waals surface area contributed by atoms with Crippen LogP contribution in [0.1, 0.15) is 29.8 Å². The van der Waals surface area contributed by atoms with Crippen LogP contribution in [0.15, 0.2) is 23.3 Å². The van der Waals surface area contributed by atoms with Crippen molar-refractivity contribution < 1.29 is 9.18 Å². The van der Waals surface area contributed by atoms with E-state index in [1.54, 1.807) is 18.9 Å². The van der Waals surface area contributed by atoms with Gasteiger partial charge in [-0.3, -0.25) is 4.79 Å². The third kappa shape index (κ3) is 3.41. The van der Waals surface area contributed by atoms with Gasteiger partial charge in [0.1, 0.15) is 5.82 Å². The highest BCUT2D eigenvalue weighted by Gasteiger charge is 2.26. The summed E-state index contributed by atoms with van der Waals surface area (Å²) in [5.41, 5.74) is 1.44. The Bertz CT molecular complexity index is 932. The molecule has 1 unspecified atom stereocenters. The Labute approximate surface area is 159 Å². The summed E-state index contributed by atoms with van der Waals surface area (Å²) in [5.74, 6) is -0.598. The van der Waals surface area contributed by atoms with Crippen LogP contribution in [0, 0.1) is 5.82 Å². The summed E-state index contributed by atoms with van der Waals surface area (Å²) in [6.07, 6.45) is 1.87. The molecule has 2 heterocycles. The SMILES string of the molecule is CC(NC(=O)N1CCc2c(ncn(C)c2=O)C1)c1c(Cl)ccc(F)c1Cl. The van der Waals surface area contributed by atoms with Crippen molar-refractivity contribution in [3.63, 3.8) is 0 Å². The van der Waals surface area contributed by atoms with Gasteiger partial charge in [-0.25, -0.2) is 14.2 Å². The van der Waals surface area contributed by atoms with Crippen molar-refractivity contribution in [1.29, 1.82) is 0 Å². The average molecular weight is 399 g/mol. The molecule has 1 aliphatic rings. The van der Waals surface area contributed by atoms with Gasteiger partial charge in [0, 0.05) is 29.7 Å². The van der Waals surface area contributed by atoms with Gasteiger partial charge in [-0.05, 0) is 25.5 Å². The number of nitrogens with one attached hydrogen (secondary N) is 1. The van der Waals surface area contributed by atoms with Gasteiger partial charge < -0.3 is 14.8 Å². The lowest BCUT2D eigenvalue weighted by Gasteiger charge is -2.29. The van der Waals surface area contributed by atoms with Crippen molar-refractivity contribution in [2.24, 2.45) is 7.05 Å². The van der Waals surface area contributed by atoms with Crippen LogP contribution in [0.5, 0.6) is 0 Å². The molecule has 1 aromatic heterocycles. The number of amides is 2. The smallest absolute Gasteiger partial charge is 0.318 e. The van der Waals surface area contributed by atoms with Gasteiger partial charge in [-0.1, -0.05) is 23.2 Å². The third-order valence-corrected chi connectivity index (χ3v) is 5.14. The minimum Gasteiger partial charge on any atom is -0.331 e. The van der Waals surface area contributed by atoms with Crippen molar-refractivity contribution in [3.8, 4) is 0 Å². The molecule has 0 aliphatic carbocycles.